The van der Waals surface area contributed by atoms with E-state index in [9.17, 15) is 14.4 Å². The second kappa shape index (κ2) is 9.40. The van der Waals surface area contributed by atoms with Gasteiger partial charge >= 0.3 is 11.6 Å². The van der Waals surface area contributed by atoms with Crippen LogP contribution in [0.25, 0.3) is 22.1 Å². The molecule has 0 saturated heterocycles. The molecule has 2 heterocycles. The number of amides is 1. The smallest absolute Gasteiger partial charge is 0.349 e. The van der Waals surface area contributed by atoms with Gasteiger partial charge in [-0.2, -0.15) is 0 Å². The Morgan fingerprint density at radius 2 is 1.88 bits per heavy atom. The minimum absolute atomic E-state index is 0.174. The number of anilines is 1. The topological polar surface area (TPSA) is 85.6 Å². The van der Waals surface area contributed by atoms with Crippen LogP contribution in [0.3, 0.4) is 0 Å². The highest BCUT2D eigenvalue weighted by atomic mass is 79.9. The van der Waals surface area contributed by atoms with Crippen LogP contribution in [0.15, 0.2) is 72.1 Å². The molecule has 0 atom stereocenters. The van der Waals surface area contributed by atoms with Gasteiger partial charge in [0.1, 0.15) is 16.1 Å². The third-order valence-electron chi connectivity index (χ3n) is 4.58. The number of benzene rings is 2. The highest BCUT2D eigenvalue weighted by Gasteiger charge is 2.24. The van der Waals surface area contributed by atoms with Gasteiger partial charge in [0, 0.05) is 20.8 Å². The van der Waals surface area contributed by atoms with E-state index in [2.05, 4.69) is 37.2 Å². The summed E-state index contributed by atoms with van der Waals surface area (Å²) >= 11 is 7.91. The molecule has 0 saturated carbocycles. The van der Waals surface area contributed by atoms with Crippen molar-refractivity contribution in [2.24, 2.45) is 0 Å². The molecule has 0 unspecified atom stereocenters. The molecule has 4 aromatic rings. The molecule has 9 heteroatoms. The number of rotatable bonds is 5. The average Bonchev–Trinajstić information content (AvgIpc) is 3.18. The van der Waals surface area contributed by atoms with E-state index in [1.807, 2.05) is 30.3 Å². The molecule has 0 fully saturated rings. The van der Waals surface area contributed by atoms with Crippen LogP contribution in [0.1, 0.15) is 27.6 Å². The SMILES string of the molecule is CCOC(=O)c1c(-c2ccccc2)csc1NC(=O)c1cc2cc(Br)cc(Br)c2oc1=O. The van der Waals surface area contributed by atoms with E-state index in [1.54, 1.807) is 24.4 Å². The third kappa shape index (κ3) is 4.41. The first kappa shape index (κ1) is 22.4. The number of thiophene rings is 1. The van der Waals surface area contributed by atoms with Crippen LogP contribution in [0.2, 0.25) is 0 Å². The predicted molar refractivity (Wildman–Crippen MR) is 132 cm³/mol. The van der Waals surface area contributed by atoms with Gasteiger partial charge < -0.3 is 14.5 Å². The zero-order valence-corrected chi connectivity index (χ0v) is 20.6. The number of hydrogen-bond donors (Lipinski definition) is 1. The van der Waals surface area contributed by atoms with Crippen molar-refractivity contribution in [2.75, 3.05) is 11.9 Å². The monoisotopic (exact) mass is 575 g/mol. The van der Waals surface area contributed by atoms with E-state index in [4.69, 9.17) is 9.15 Å². The Morgan fingerprint density at radius 3 is 2.59 bits per heavy atom. The summed E-state index contributed by atoms with van der Waals surface area (Å²) in [6.07, 6.45) is 0. The number of hydrogen-bond acceptors (Lipinski definition) is 6. The Hall–Kier alpha value is -2.75. The summed E-state index contributed by atoms with van der Waals surface area (Å²) in [7, 11) is 0. The van der Waals surface area contributed by atoms with Crippen molar-refractivity contribution >= 4 is 71.0 Å². The molecular weight excluding hydrogens is 562 g/mol. The number of ether oxygens (including phenoxy) is 1. The largest absolute Gasteiger partial charge is 0.462 e. The number of carbonyl (C=O) groups excluding carboxylic acids is 2. The summed E-state index contributed by atoms with van der Waals surface area (Å²) < 4.78 is 11.9. The molecule has 0 bridgehead atoms. The molecule has 0 radical (unpaired) electrons. The third-order valence-corrected chi connectivity index (χ3v) is 6.52. The van der Waals surface area contributed by atoms with E-state index in [1.165, 1.54) is 17.4 Å². The number of fused-ring (bicyclic) bond motifs is 1. The van der Waals surface area contributed by atoms with Gasteiger partial charge in [0.05, 0.1) is 11.1 Å². The lowest BCUT2D eigenvalue weighted by atomic mass is 10.0. The predicted octanol–water partition coefficient (Wildman–Crippen LogP) is 6.48. The molecule has 0 aliphatic rings. The van der Waals surface area contributed by atoms with Gasteiger partial charge in [-0.1, -0.05) is 46.3 Å². The van der Waals surface area contributed by atoms with Crippen molar-refractivity contribution in [3.8, 4) is 11.1 Å². The second-order valence-corrected chi connectivity index (χ2v) is 9.30. The minimum Gasteiger partial charge on any atom is -0.462 e. The summed E-state index contributed by atoms with van der Waals surface area (Å²) in [5.41, 5.74) is 1.08. The van der Waals surface area contributed by atoms with E-state index in [-0.39, 0.29) is 17.7 Å². The van der Waals surface area contributed by atoms with Crippen molar-refractivity contribution in [3.05, 3.63) is 84.4 Å². The molecule has 0 spiro atoms. The molecule has 6 nitrogen and oxygen atoms in total. The standard InChI is InChI=1S/C23H15Br2NO5S/c1-2-30-23(29)18-16(12-6-4-3-5-7-12)11-32-21(18)26-20(27)15-9-13-8-14(24)10-17(25)19(13)31-22(15)28/h3-11H,2H2,1H3,(H,26,27). The average molecular weight is 577 g/mol. The van der Waals surface area contributed by atoms with Gasteiger partial charge in [-0.15, -0.1) is 11.3 Å². The van der Waals surface area contributed by atoms with Crippen LogP contribution in [-0.4, -0.2) is 18.5 Å². The summed E-state index contributed by atoms with van der Waals surface area (Å²) in [5, 5.41) is 5.32. The van der Waals surface area contributed by atoms with Gasteiger partial charge in [0.15, 0.2) is 5.58 Å². The van der Waals surface area contributed by atoms with Crippen LogP contribution < -0.4 is 10.9 Å². The fraction of sp³-hybridized carbons (Fsp3) is 0.0870. The summed E-state index contributed by atoms with van der Waals surface area (Å²) in [5.74, 6) is -1.23. The van der Waals surface area contributed by atoms with Gasteiger partial charge in [-0.25, -0.2) is 9.59 Å². The minimum atomic E-state index is -0.782. The molecule has 1 N–H and O–H groups in total. The first-order chi connectivity index (χ1) is 15.4. The zero-order chi connectivity index (χ0) is 22.8. The fourth-order valence-corrected chi connectivity index (χ4v) is 5.46. The van der Waals surface area contributed by atoms with Crippen LogP contribution in [0, 0.1) is 0 Å². The van der Waals surface area contributed by atoms with Gasteiger partial charge in [0.2, 0.25) is 0 Å². The Labute approximate surface area is 203 Å². The Morgan fingerprint density at radius 1 is 1.12 bits per heavy atom. The Balaban J connectivity index is 1.75. The number of nitrogens with one attached hydrogen (secondary N) is 1. The van der Waals surface area contributed by atoms with Crippen molar-refractivity contribution < 1.29 is 18.7 Å². The Kier molecular flexibility index (Phi) is 6.59. The molecule has 1 amide bonds. The number of carbonyl (C=O) groups is 2. The molecule has 4 rings (SSSR count). The molecular formula is C23H15Br2NO5S. The maximum Gasteiger partial charge on any atom is 0.349 e. The molecule has 2 aromatic carbocycles. The molecule has 32 heavy (non-hydrogen) atoms. The first-order valence-corrected chi connectivity index (χ1v) is 11.9. The maximum absolute atomic E-state index is 13.0. The van der Waals surface area contributed by atoms with Crippen LogP contribution >= 0.6 is 43.2 Å². The lowest BCUT2D eigenvalue weighted by molar-refractivity contribution is 0.0529. The lowest BCUT2D eigenvalue weighted by Crippen LogP contribution is -2.21. The van der Waals surface area contributed by atoms with Crippen molar-refractivity contribution in [2.45, 2.75) is 6.92 Å². The van der Waals surface area contributed by atoms with E-state index >= 15 is 0 Å². The molecule has 0 aliphatic heterocycles. The lowest BCUT2D eigenvalue weighted by Gasteiger charge is -2.09. The quantitative estimate of drug-likeness (QED) is 0.217. The van der Waals surface area contributed by atoms with Crippen LogP contribution in [0.5, 0.6) is 0 Å². The zero-order valence-electron chi connectivity index (χ0n) is 16.6. The Bertz CT molecular complexity index is 1400. The summed E-state index contributed by atoms with van der Waals surface area (Å²) in [6, 6.07) is 14.3. The highest BCUT2D eigenvalue weighted by molar-refractivity contribution is 9.11. The number of halogens is 2. The van der Waals surface area contributed by atoms with Crippen molar-refractivity contribution in [1.82, 2.24) is 0 Å². The van der Waals surface area contributed by atoms with Gasteiger partial charge in [-0.3, -0.25) is 4.79 Å². The van der Waals surface area contributed by atoms with Crippen LogP contribution in [-0.2, 0) is 4.74 Å². The van der Waals surface area contributed by atoms with E-state index < -0.39 is 17.5 Å². The molecule has 0 aliphatic carbocycles. The van der Waals surface area contributed by atoms with Crippen LogP contribution in [0.4, 0.5) is 5.00 Å². The normalized spacial score (nSPS) is 10.8. The van der Waals surface area contributed by atoms with Crippen molar-refractivity contribution in [3.63, 3.8) is 0 Å². The number of esters is 1. The maximum atomic E-state index is 13.0. The van der Waals surface area contributed by atoms with E-state index in [0.29, 0.717) is 26.0 Å². The van der Waals surface area contributed by atoms with Gasteiger partial charge in [-0.05, 0) is 46.6 Å². The van der Waals surface area contributed by atoms with E-state index in [0.717, 1.165) is 10.0 Å². The second-order valence-electron chi connectivity index (χ2n) is 6.65. The fourth-order valence-electron chi connectivity index (χ4n) is 3.17. The van der Waals surface area contributed by atoms with Gasteiger partial charge in [0.25, 0.3) is 5.91 Å². The summed E-state index contributed by atoms with van der Waals surface area (Å²) in [6.45, 7) is 1.90. The van der Waals surface area contributed by atoms with Crippen molar-refractivity contribution in [1.29, 1.82) is 0 Å². The first-order valence-electron chi connectivity index (χ1n) is 9.47. The summed E-state index contributed by atoms with van der Waals surface area (Å²) in [4.78, 5) is 38.2. The molecule has 2 aromatic heterocycles. The molecule has 162 valence electrons. The highest BCUT2D eigenvalue weighted by Crippen LogP contribution is 2.36.